The first-order valence-corrected chi connectivity index (χ1v) is 6.97. The van der Waals surface area contributed by atoms with Crippen LogP contribution in [0.25, 0.3) is 10.9 Å². The average molecular weight is 356 g/mol. The lowest BCUT2D eigenvalue weighted by Crippen LogP contribution is -2.28. The summed E-state index contributed by atoms with van der Waals surface area (Å²) in [6.07, 6.45) is 0. The number of benzene rings is 1. The van der Waals surface area contributed by atoms with Gasteiger partial charge in [0.05, 0.1) is 5.52 Å². The van der Waals surface area contributed by atoms with Crippen LogP contribution in [0.4, 0.5) is 13.2 Å². The van der Waals surface area contributed by atoms with Gasteiger partial charge in [0, 0.05) is 15.9 Å². The Bertz CT molecular complexity index is 730. The third-order valence-corrected chi connectivity index (χ3v) is 3.72. The van der Waals surface area contributed by atoms with Crippen LogP contribution in [0.3, 0.4) is 0 Å². The van der Waals surface area contributed by atoms with Crippen molar-refractivity contribution in [1.82, 2.24) is 4.98 Å². The lowest BCUT2D eigenvalue weighted by atomic mass is 10.2. The first-order valence-electron chi connectivity index (χ1n) is 4.77. The van der Waals surface area contributed by atoms with Crippen molar-refractivity contribution in [1.29, 1.82) is 0 Å². The van der Waals surface area contributed by atoms with E-state index in [9.17, 15) is 21.6 Å². The van der Waals surface area contributed by atoms with Crippen molar-refractivity contribution in [3.63, 3.8) is 0 Å². The van der Waals surface area contributed by atoms with Gasteiger partial charge in [-0.3, -0.25) is 0 Å². The second kappa shape index (κ2) is 4.64. The largest absolute Gasteiger partial charge is 0.534 e. The Hall–Kier alpha value is -1.35. The Morgan fingerprint density at radius 1 is 1.16 bits per heavy atom. The summed E-state index contributed by atoms with van der Waals surface area (Å²) >= 11 is 3.16. The lowest BCUT2D eigenvalue weighted by Gasteiger charge is -2.09. The van der Waals surface area contributed by atoms with Gasteiger partial charge in [0.1, 0.15) is 0 Å². The molecule has 0 spiro atoms. The zero-order chi connectivity index (χ0) is 14.3. The minimum atomic E-state index is -5.71. The predicted molar refractivity (Wildman–Crippen MR) is 65.0 cm³/mol. The molecule has 2 aromatic rings. The van der Waals surface area contributed by atoms with Crippen LogP contribution in [-0.4, -0.2) is 18.9 Å². The number of rotatable bonds is 2. The average Bonchev–Trinajstić information content (AvgIpc) is 2.28. The van der Waals surface area contributed by atoms with Crippen LogP contribution in [0.5, 0.6) is 5.88 Å². The lowest BCUT2D eigenvalue weighted by molar-refractivity contribution is -0.0501. The maximum Gasteiger partial charge on any atom is 0.534 e. The van der Waals surface area contributed by atoms with E-state index in [0.717, 1.165) is 6.07 Å². The quantitative estimate of drug-likeness (QED) is 0.613. The molecule has 4 nitrogen and oxygen atoms in total. The number of fused-ring (bicyclic) bond motifs is 1. The number of pyridine rings is 1. The van der Waals surface area contributed by atoms with Crippen LogP contribution >= 0.6 is 15.9 Å². The molecule has 0 aliphatic rings. The van der Waals surface area contributed by atoms with Gasteiger partial charge in [-0.15, -0.1) is 0 Å². The van der Waals surface area contributed by atoms with E-state index in [4.69, 9.17) is 0 Å². The van der Waals surface area contributed by atoms with Gasteiger partial charge in [-0.25, -0.2) is 4.98 Å². The predicted octanol–water partition coefficient (Wildman–Crippen LogP) is 3.23. The summed E-state index contributed by atoms with van der Waals surface area (Å²) in [4.78, 5) is 3.73. The van der Waals surface area contributed by atoms with Gasteiger partial charge in [-0.05, 0) is 28.1 Å². The van der Waals surface area contributed by atoms with Gasteiger partial charge in [0.25, 0.3) is 0 Å². The smallest absolute Gasteiger partial charge is 0.355 e. The van der Waals surface area contributed by atoms with Gasteiger partial charge in [0.2, 0.25) is 5.88 Å². The Morgan fingerprint density at radius 3 is 2.47 bits per heavy atom. The van der Waals surface area contributed by atoms with Gasteiger partial charge >= 0.3 is 15.6 Å². The van der Waals surface area contributed by atoms with Crippen LogP contribution in [0.1, 0.15) is 0 Å². The summed E-state index contributed by atoms with van der Waals surface area (Å²) in [5, 5.41) is 0.631. The number of hydrogen-bond donors (Lipinski definition) is 0. The molecular weight excluding hydrogens is 351 g/mol. The molecule has 1 aromatic carbocycles. The molecule has 2 rings (SSSR count). The normalized spacial score (nSPS) is 12.6. The molecule has 0 atom stereocenters. The van der Waals surface area contributed by atoms with Crippen molar-refractivity contribution in [2.75, 3.05) is 0 Å². The number of nitrogens with zero attached hydrogens (tertiary/aromatic N) is 1. The highest BCUT2D eigenvalue weighted by atomic mass is 79.9. The van der Waals surface area contributed by atoms with E-state index in [1.54, 1.807) is 18.2 Å². The van der Waals surface area contributed by atoms with Gasteiger partial charge in [-0.2, -0.15) is 21.6 Å². The first-order chi connectivity index (χ1) is 8.71. The molecule has 102 valence electrons. The molecule has 0 radical (unpaired) electrons. The van der Waals surface area contributed by atoms with E-state index >= 15 is 0 Å². The Balaban J connectivity index is 2.46. The Kier molecular flexibility index (Phi) is 3.43. The number of hydrogen-bond acceptors (Lipinski definition) is 4. The van der Waals surface area contributed by atoms with E-state index in [1.807, 2.05) is 0 Å². The number of para-hydroxylation sites is 1. The molecule has 1 heterocycles. The third kappa shape index (κ3) is 2.81. The van der Waals surface area contributed by atoms with E-state index in [0.29, 0.717) is 15.4 Å². The van der Waals surface area contributed by atoms with Crippen LogP contribution in [0.2, 0.25) is 0 Å². The molecular formula is C10H5BrF3NO3S. The highest BCUT2D eigenvalue weighted by Gasteiger charge is 2.48. The summed E-state index contributed by atoms with van der Waals surface area (Å²) in [5.41, 5.74) is -5.19. The summed E-state index contributed by atoms with van der Waals surface area (Å²) < 4.78 is 62.6. The second-order valence-electron chi connectivity index (χ2n) is 3.44. The highest BCUT2D eigenvalue weighted by Crippen LogP contribution is 2.28. The van der Waals surface area contributed by atoms with E-state index < -0.39 is 21.5 Å². The van der Waals surface area contributed by atoms with E-state index in [1.165, 1.54) is 6.07 Å². The van der Waals surface area contributed by atoms with E-state index in [-0.39, 0.29) is 0 Å². The van der Waals surface area contributed by atoms with Crippen molar-refractivity contribution < 1.29 is 25.8 Å². The molecule has 0 amide bonds. The standard InChI is InChI=1S/C10H5BrF3NO3S/c11-7-3-1-2-6-4-5-8(15-9(6)7)18-19(16,17)10(12,13)14/h1-5H. The number of aromatic nitrogens is 1. The number of halogens is 4. The van der Waals surface area contributed by atoms with Gasteiger partial charge < -0.3 is 4.18 Å². The van der Waals surface area contributed by atoms with Gasteiger partial charge in [-0.1, -0.05) is 12.1 Å². The highest BCUT2D eigenvalue weighted by molar-refractivity contribution is 9.10. The fourth-order valence-corrected chi connectivity index (χ4v) is 2.18. The third-order valence-electron chi connectivity index (χ3n) is 2.12. The molecule has 0 saturated carbocycles. The van der Waals surface area contributed by atoms with E-state index in [2.05, 4.69) is 25.1 Å². The van der Waals surface area contributed by atoms with Gasteiger partial charge in [0.15, 0.2) is 0 Å². The van der Waals surface area contributed by atoms with Crippen LogP contribution in [0.15, 0.2) is 34.8 Å². The fourth-order valence-electron chi connectivity index (χ4n) is 1.30. The van der Waals surface area contributed by atoms with Crippen LogP contribution < -0.4 is 4.18 Å². The summed E-state index contributed by atoms with van der Waals surface area (Å²) in [5.74, 6) is -0.642. The van der Waals surface area contributed by atoms with Crippen LogP contribution in [0, 0.1) is 0 Å². The maximum atomic E-state index is 12.2. The molecule has 0 saturated heterocycles. The van der Waals surface area contributed by atoms with Crippen molar-refractivity contribution >= 4 is 37.0 Å². The molecule has 0 aliphatic heterocycles. The molecule has 0 unspecified atom stereocenters. The SMILES string of the molecule is O=S(=O)(Oc1ccc2cccc(Br)c2n1)C(F)(F)F. The fraction of sp³-hybridized carbons (Fsp3) is 0.100. The topological polar surface area (TPSA) is 56.3 Å². The first kappa shape index (κ1) is 14.1. The zero-order valence-corrected chi connectivity index (χ0v) is 11.4. The molecule has 9 heteroatoms. The molecule has 0 aliphatic carbocycles. The summed E-state index contributed by atoms with van der Waals surface area (Å²) in [7, 11) is -5.71. The Labute approximate surface area is 114 Å². The Morgan fingerprint density at radius 2 is 1.84 bits per heavy atom. The minimum Gasteiger partial charge on any atom is -0.355 e. The maximum absolute atomic E-state index is 12.2. The van der Waals surface area contributed by atoms with Crippen molar-refractivity contribution in [3.8, 4) is 5.88 Å². The van der Waals surface area contributed by atoms with Crippen molar-refractivity contribution in [2.24, 2.45) is 0 Å². The van der Waals surface area contributed by atoms with Crippen molar-refractivity contribution in [3.05, 3.63) is 34.8 Å². The minimum absolute atomic E-state index is 0.303. The molecule has 0 fully saturated rings. The summed E-state index contributed by atoms with van der Waals surface area (Å²) in [6, 6.07) is 7.47. The monoisotopic (exact) mass is 355 g/mol. The molecule has 0 N–H and O–H groups in total. The number of alkyl halides is 3. The van der Waals surface area contributed by atoms with Crippen LogP contribution in [-0.2, 0) is 10.1 Å². The van der Waals surface area contributed by atoms with Crippen molar-refractivity contribution in [2.45, 2.75) is 5.51 Å². The zero-order valence-electron chi connectivity index (χ0n) is 8.98. The second-order valence-corrected chi connectivity index (χ2v) is 5.84. The molecule has 0 bridgehead atoms. The summed E-state index contributed by atoms with van der Waals surface area (Å²) in [6.45, 7) is 0. The molecule has 1 aromatic heterocycles. The molecule has 19 heavy (non-hydrogen) atoms.